The molecule has 5 nitrogen and oxygen atoms in total. The van der Waals surface area contributed by atoms with Crippen molar-refractivity contribution in [1.29, 1.82) is 5.26 Å². The van der Waals surface area contributed by atoms with E-state index < -0.39 is 5.91 Å². The quantitative estimate of drug-likeness (QED) is 0.656. The third-order valence-corrected chi connectivity index (χ3v) is 3.79. The topological polar surface area (TPSA) is 82.3 Å². The summed E-state index contributed by atoms with van der Waals surface area (Å²) in [6, 6.07) is 10.5. The molecule has 0 fully saturated rings. The fourth-order valence-electron chi connectivity index (χ4n) is 2.67. The first-order valence-corrected chi connectivity index (χ1v) is 7.73. The van der Waals surface area contributed by atoms with Crippen LogP contribution in [0, 0.1) is 32.1 Å². The molecule has 2 N–H and O–H groups in total. The van der Waals surface area contributed by atoms with Crippen molar-refractivity contribution in [3.8, 4) is 17.6 Å². The van der Waals surface area contributed by atoms with Crippen LogP contribution in [0.2, 0.25) is 0 Å². The summed E-state index contributed by atoms with van der Waals surface area (Å²) < 4.78 is 4.98. The van der Waals surface area contributed by atoms with Crippen molar-refractivity contribution in [3.63, 3.8) is 0 Å². The Kier molecular flexibility index (Phi) is 5.45. The second-order valence-corrected chi connectivity index (χ2v) is 5.83. The largest absolute Gasteiger partial charge is 0.504 e. The lowest BCUT2D eigenvalue weighted by Gasteiger charge is -2.12. The highest BCUT2D eigenvalue weighted by atomic mass is 16.5. The maximum absolute atomic E-state index is 12.5. The Morgan fingerprint density at radius 1 is 1.20 bits per heavy atom. The van der Waals surface area contributed by atoms with E-state index >= 15 is 0 Å². The van der Waals surface area contributed by atoms with Crippen molar-refractivity contribution < 1.29 is 14.6 Å². The molecule has 0 spiro atoms. The lowest BCUT2D eigenvalue weighted by Crippen LogP contribution is -2.15. The van der Waals surface area contributed by atoms with Crippen LogP contribution in [0.25, 0.3) is 6.08 Å². The molecule has 5 heteroatoms. The van der Waals surface area contributed by atoms with Gasteiger partial charge in [0.25, 0.3) is 5.91 Å². The molecule has 128 valence electrons. The molecule has 0 saturated heterocycles. The minimum atomic E-state index is -0.493. The van der Waals surface area contributed by atoms with Crippen LogP contribution in [-0.2, 0) is 4.79 Å². The van der Waals surface area contributed by atoms with Crippen LogP contribution in [0.4, 0.5) is 5.69 Å². The maximum Gasteiger partial charge on any atom is 0.266 e. The minimum absolute atomic E-state index is 0.0519. The number of aromatic hydroxyl groups is 1. The Hall–Kier alpha value is -3.26. The van der Waals surface area contributed by atoms with Gasteiger partial charge in [0, 0.05) is 5.69 Å². The van der Waals surface area contributed by atoms with Crippen LogP contribution in [-0.4, -0.2) is 18.1 Å². The molecule has 0 atom stereocenters. The first-order valence-electron chi connectivity index (χ1n) is 7.73. The molecule has 0 aliphatic carbocycles. The SMILES string of the molecule is COc1ccc(C=C(C#N)C(=O)Nc2c(C)cc(C)cc2C)cc1O. The standard InChI is InChI=1S/C20H20N2O3/c1-12-7-13(2)19(14(3)8-12)22-20(24)16(11-21)9-15-5-6-18(25-4)17(23)10-15/h5-10,23H,1-4H3,(H,22,24). The van der Waals surface area contributed by atoms with Crippen molar-refractivity contribution in [2.45, 2.75) is 20.8 Å². The van der Waals surface area contributed by atoms with Crippen LogP contribution in [0.5, 0.6) is 11.5 Å². The van der Waals surface area contributed by atoms with Gasteiger partial charge in [-0.1, -0.05) is 23.8 Å². The summed E-state index contributed by atoms with van der Waals surface area (Å²) in [4.78, 5) is 12.5. The molecule has 0 aliphatic rings. The van der Waals surface area contributed by atoms with E-state index in [0.29, 0.717) is 17.0 Å². The van der Waals surface area contributed by atoms with Gasteiger partial charge in [0.15, 0.2) is 11.5 Å². The maximum atomic E-state index is 12.5. The Morgan fingerprint density at radius 2 is 1.84 bits per heavy atom. The van der Waals surface area contributed by atoms with E-state index in [9.17, 15) is 15.2 Å². The Balaban J connectivity index is 2.30. The lowest BCUT2D eigenvalue weighted by molar-refractivity contribution is -0.112. The van der Waals surface area contributed by atoms with Gasteiger partial charge in [0.05, 0.1) is 7.11 Å². The second kappa shape index (κ2) is 7.54. The van der Waals surface area contributed by atoms with Crippen molar-refractivity contribution in [1.82, 2.24) is 0 Å². The summed E-state index contributed by atoms with van der Waals surface area (Å²) in [6.07, 6.45) is 1.42. The summed E-state index contributed by atoms with van der Waals surface area (Å²) in [5.74, 6) is -0.224. The molecule has 0 radical (unpaired) electrons. The average molecular weight is 336 g/mol. The number of phenols is 1. The van der Waals surface area contributed by atoms with Gasteiger partial charge in [0.1, 0.15) is 11.6 Å². The zero-order valence-electron chi connectivity index (χ0n) is 14.7. The van der Waals surface area contributed by atoms with Crippen molar-refractivity contribution in [2.75, 3.05) is 12.4 Å². The van der Waals surface area contributed by atoms with E-state index in [-0.39, 0.29) is 11.3 Å². The van der Waals surface area contributed by atoms with E-state index in [4.69, 9.17) is 4.74 Å². The van der Waals surface area contributed by atoms with E-state index in [2.05, 4.69) is 5.32 Å². The van der Waals surface area contributed by atoms with Gasteiger partial charge in [-0.05, 0) is 55.7 Å². The molecule has 1 amide bonds. The number of carbonyl (C=O) groups is 1. The minimum Gasteiger partial charge on any atom is -0.504 e. The molecule has 0 unspecified atom stereocenters. The first kappa shape index (κ1) is 18.1. The number of anilines is 1. The molecule has 0 aliphatic heterocycles. The lowest BCUT2D eigenvalue weighted by atomic mass is 10.0. The first-order chi connectivity index (χ1) is 11.8. The third kappa shape index (κ3) is 4.18. The Bertz CT molecular complexity index is 869. The molecule has 2 aromatic rings. The van der Waals surface area contributed by atoms with Crippen molar-refractivity contribution >= 4 is 17.7 Å². The summed E-state index contributed by atoms with van der Waals surface area (Å²) in [7, 11) is 1.45. The molecular weight excluding hydrogens is 316 g/mol. The van der Waals surface area contributed by atoms with Crippen LogP contribution >= 0.6 is 0 Å². The van der Waals surface area contributed by atoms with Crippen LogP contribution < -0.4 is 10.1 Å². The van der Waals surface area contributed by atoms with Gasteiger partial charge in [-0.25, -0.2) is 0 Å². The summed E-state index contributed by atoms with van der Waals surface area (Å²) in [5, 5.41) is 21.9. The van der Waals surface area contributed by atoms with E-state index in [1.54, 1.807) is 12.1 Å². The van der Waals surface area contributed by atoms with Crippen LogP contribution in [0.15, 0.2) is 35.9 Å². The van der Waals surface area contributed by atoms with Gasteiger partial charge in [-0.3, -0.25) is 4.79 Å². The number of methoxy groups -OCH3 is 1. The summed E-state index contributed by atoms with van der Waals surface area (Å²) >= 11 is 0. The van der Waals surface area contributed by atoms with Gasteiger partial charge < -0.3 is 15.2 Å². The second-order valence-electron chi connectivity index (χ2n) is 5.83. The van der Waals surface area contributed by atoms with Gasteiger partial charge >= 0.3 is 0 Å². The number of hydrogen-bond acceptors (Lipinski definition) is 4. The van der Waals surface area contributed by atoms with E-state index in [0.717, 1.165) is 16.7 Å². The fourth-order valence-corrected chi connectivity index (χ4v) is 2.67. The Labute approximate surface area is 147 Å². The molecule has 25 heavy (non-hydrogen) atoms. The molecule has 0 saturated carbocycles. The number of hydrogen-bond donors (Lipinski definition) is 2. The van der Waals surface area contributed by atoms with Gasteiger partial charge in [-0.2, -0.15) is 5.26 Å². The van der Waals surface area contributed by atoms with E-state index in [1.807, 2.05) is 39.0 Å². The zero-order valence-corrected chi connectivity index (χ0v) is 14.7. The number of ether oxygens (including phenoxy) is 1. The highest BCUT2D eigenvalue weighted by molar-refractivity contribution is 6.10. The van der Waals surface area contributed by atoms with Crippen LogP contribution in [0.1, 0.15) is 22.3 Å². The number of nitriles is 1. The van der Waals surface area contributed by atoms with Gasteiger partial charge in [-0.15, -0.1) is 0 Å². The highest BCUT2D eigenvalue weighted by Gasteiger charge is 2.13. The monoisotopic (exact) mass is 336 g/mol. The summed E-state index contributed by atoms with van der Waals surface area (Å²) in [6.45, 7) is 5.81. The number of rotatable bonds is 4. The fraction of sp³-hybridized carbons (Fsp3) is 0.200. The number of nitrogens with zero attached hydrogens (tertiary/aromatic N) is 1. The molecular formula is C20H20N2O3. The molecule has 2 rings (SSSR count). The molecule has 0 aromatic heterocycles. The smallest absolute Gasteiger partial charge is 0.266 e. The zero-order chi connectivity index (χ0) is 18.6. The number of amides is 1. The van der Waals surface area contributed by atoms with Crippen molar-refractivity contribution in [3.05, 3.63) is 58.2 Å². The number of phenolic OH excluding ortho intramolecular Hbond substituents is 1. The number of benzene rings is 2. The van der Waals surface area contributed by atoms with E-state index in [1.165, 1.54) is 19.3 Å². The molecule has 2 aromatic carbocycles. The average Bonchev–Trinajstić information content (AvgIpc) is 2.55. The number of aryl methyl sites for hydroxylation is 3. The third-order valence-electron chi connectivity index (χ3n) is 3.79. The molecule has 0 bridgehead atoms. The Morgan fingerprint density at radius 3 is 2.36 bits per heavy atom. The van der Waals surface area contributed by atoms with Crippen LogP contribution in [0.3, 0.4) is 0 Å². The molecule has 0 heterocycles. The van der Waals surface area contributed by atoms with Gasteiger partial charge in [0.2, 0.25) is 0 Å². The van der Waals surface area contributed by atoms with Crippen molar-refractivity contribution in [2.24, 2.45) is 0 Å². The number of carbonyl (C=O) groups excluding carboxylic acids is 1. The number of nitrogens with one attached hydrogen (secondary N) is 1. The predicted molar refractivity (Wildman–Crippen MR) is 97.5 cm³/mol. The predicted octanol–water partition coefficient (Wildman–Crippen LogP) is 3.87. The normalized spacial score (nSPS) is 10.9. The highest BCUT2D eigenvalue weighted by Crippen LogP contribution is 2.27. The summed E-state index contributed by atoms with van der Waals surface area (Å²) in [5.41, 5.74) is 4.16.